The van der Waals surface area contributed by atoms with E-state index in [1.807, 2.05) is 0 Å². The van der Waals surface area contributed by atoms with Crippen LogP contribution in [-0.2, 0) is 11.3 Å². The molecule has 0 fully saturated rings. The summed E-state index contributed by atoms with van der Waals surface area (Å²) in [5.41, 5.74) is 0.413. The Bertz CT molecular complexity index is 479. The van der Waals surface area contributed by atoms with Gasteiger partial charge in [0.15, 0.2) is 0 Å². The van der Waals surface area contributed by atoms with Crippen LogP contribution in [0.15, 0.2) is 24.3 Å². The number of nitrogens with zero attached hydrogens (tertiary/aromatic N) is 1. The van der Waals surface area contributed by atoms with E-state index < -0.39 is 18.0 Å². The number of hydrogen-bond acceptors (Lipinski definition) is 2. The first-order valence-electron chi connectivity index (χ1n) is 6.40. The van der Waals surface area contributed by atoms with E-state index in [0.717, 1.165) is 0 Å². The van der Waals surface area contributed by atoms with Crippen molar-refractivity contribution in [2.45, 2.75) is 32.4 Å². The molecular weight excluding hydrogens is 263 g/mol. The Balaban J connectivity index is 2.58. The lowest BCUT2D eigenvalue weighted by atomic mass is 10.1. The van der Waals surface area contributed by atoms with E-state index in [1.54, 1.807) is 25.1 Å². The highest BCUT2D eigenvalue weighted by Gasteiger charge is 2.17. The minimum absolute atomic E-state index is 0.127. The summed E-state index contributed by atoms with van der Waals surface area (Å²) in [6.07, 6.45) is 0.390. The van der Waals surface area contributed by atoms with E-state index >= 15 is 0 Å². The molecule has 0 radical (unpaired) electrons. The number of rotatable bonds is 6. The van der Waals surface area contributed by atoms with Gasteiger partial charge in [0.25, 0.3) is 0 Å². The van der Waals surface area contributed by atoms with Crippen LogP contribution in [0.2, 0.25) is 0 Å². The van der Waals surface area contributed by atoms with E-state index in [-0.39, 0.29) is 18.8 Å². The second kappa shape index (κ2) is 7.47. The first-order valence-corrected chi connectivity index (χ1v) is 6.40. The molecule has 0 saturated carbocycles. The van der Waals surface area contributed by atoms with Crippen LogP contribution in [0.5, 0.6) is 0 Å². The highest BCUT2D eigenvalue weighted by atomic mass is 19.1. The maximum Gasteiger partial charge on any atom is 0.317 e. The molecule has 0 heterocycles. The van der Waals surface area contributed by atoms with E-state index in [0.29, 0.717) is 12.0 Å². The molecule has 0 aromatic heterocycles. The van der Waals surface area contributed by atoms with Crippen molar-refractivity contribution in [3.63, 3.8) is 0 Å². The van der Waals surface area contributed by atoms with Crippen molar-refractivity contribution < 1.29 is 19.1 Å². The molecule has 110 valence electrons. The van der Waals surface area contributed by atoms with Crippen LogP contribution >= 0.6 is 0 Å². The third-order valence-electron chi connectivity index (χ3n) is 2.95. The van der Waals surface area contributed by atoms with E-state index in [2.05, 4.69) is 5.32 Å². The Morgan fingerprint density at radius 1 is 1.40 bits per heavy atom. The monoisotopic (exact) mass is 282 g/mol. The third-order valence-corrected chi connectivity index (χ3v) is 2.95. The van der Waals surface area contributed by atoms with Gasteiger partial charge in [-0.3, -0.25) is 4.79 Å². The van der Waals surface area contributed by atoms with Crippen molar-refractivity contribution in [2.24, 2.45) is 0 Å². The van der Waals surface area contributed by atoms with Gasteiger partial charge in [0.2, 0.25) is 0 Å². The van der Waals surface area contributed by atoms with E-state index in [1.165, 1.54) is 18.0 Å². The zero-order chi connectivity index (χ0) is 15.1. The van der Waals surface area contributed by atoms with Crippen LogP contribution in [-0.4, -0.2) is 35.1 Å². The summed E-state index contributed by atoms with van der Waals surface area (Å²) in [7, 11) is 1.54. The first-order chi connectivity index (χ1) is 9.43. The maximum atomic E-state index is 13.5. The normalized spacial score (nSPS) is 11.8. The smallest absolute Gasteiger partial charge is 0.317 e. The van der Waals surface area contributed by atoms with Gasteiger partial charge in [-0.05, 0) is 12.5 Å². The number of urea groups is 1. The molecule has 5 nitrogen and oxygen atoms in total. The summed E-state index contributed by atoms with van der Waals surface area (Å²) in [6, 6.07) is 5.38. The van der Waals surface area contributed by atoms with Crippen LogP contribution in [0.1, 0.15) is 25.3 Å². The maximum absolute atomic E-state index is 13.5. The highest BCUT2D eigenvalue weighted by molar-refractivity contribution is 5.75. The predicted molar refractivity (Wildman–Crippen MR) is 72.7 cm³/mol. The standard InChI is InChI=1S/C14H19FN2O3/c1-3-11(8-13(18)19)16-14(20)17(2)9-10-6-4-5-7-12(10)15/h4-7,11H,3,8-9H2,1-2H3,(H,16,20)(H,18,19). The molecule has 0 aliphatic carbocycles. The van der Waals surface area contributed by atoms with Gasteiger partial charge in [-0.1, -0.05) is 25.1 Å². The fraction of sp³-hybridized carbons (Fsp3) is 0.429. The number of hydrogen-bond donors (Lipinski definition) is 2. The quantitative estimate of drug-likeness (QED) is 0.840. The van der Waals surface area contributed by atoms with Crippen LogP contribution in [0, 0.1) is 5.82 Å². The van der Waals surface area contributed by atoms with Crippen molar-refractivity contribution >= 4 is 12.0 Å². The fourth-order valence-electron chi connectivity index (χ4n) is 1.75. The van der Waals surface area contributed by atoms with Crippen LogP contribution in [0.25, 0.3) is 0 Å². The number of nitrogens with one attached hydrogen (secondary N) is 1. The van der Waals surface area contributed by atoms with Crippen LogP contribution < -0.4 is 5.32 Å². The molecule has 1 aromatic rings. The van der Waals surface area contributed by atoms with Gasteiger partial charge >= 0.3 is 12.0 Å². The number of halogens is 1. The molecule has 0 spiro atoms. The van der Waals surface area contributed by atoms with Gasteiger partial charge in [-0.25, -0.2) is 9.18 Å². The Morgan fingerprint density at radius 3 is 2.60 bits per heavy atom. The van der Waals surface area contributed by atoms with Crippen molar-refractivity contribution in [1.82, 2.24) is 10.2 Å². The van der Waals surface area contributed by atoms with Gasteiger partial charge in [0.05, 0.1) is 6.42 Å². The lowest BCUT2D eigenvalue weighted by molar-refractivity contribution is -0.137. The molecule has 1 atom stereocenters. The predicted octanol–water partition coefficient (Wildman–Crippen LogP) is 2.22. The third kappa shape index (κ3) is 4.87. The van der Waals surface area contributed by atoms with Gasteiger partial charge < -0.3 is 15.3 Å². The average Bonchev–Trinajstić information content (AvgIpc) is 2.39. The molecule has 0 saturated heterocycles. The van der Waals surface area contributed by atoms with Crippen LogP contribution in [0.3, 0.4) is 0 Å². The van der Waals surface area contributed by atoms with Gasteiger partial charge in [0.1, 0.15) is 5.82 Å². The minimum Gasteiger partial charge on any atom is -0.481 e. The number of aliphatic carboxylic acids is 1. The molecule has 1 rings (SSSR count). The topological polar surface area (TPSA) is 69.6 Å². The number of carbonyl (C=O) groups excluding carboxylic acids is 1. The summed E-state index contributed by atoms with van der Waals surface area (Å²) in [5, 5.41) is 11.3. The first kappa shape index (κ1) is 15.9. The number of carboxylic acids is 1. The summed E-state index contributed by atoms with van der Waals surface area (Å²) < 4.78 is 13.5. The molecular formula is C14H19FN2O3. The van der Waals surface area contributed by atoms with Crippen molar-refractivity contribution in [1.29, 1.82) is 0 Å². The molecule has 1 unspecified atom stereocenters. The molecule has 2 N–H and O–H groups in total. The number of amides is 2. The Kier molecular flexibility index (Phi) is 5.96. The van der Waals surface area contributed by atoms with E-state index in [9.17, 15) is 14.0 Å². The van der Waals surface area contributed by atoms with E-state index in [4.69, 9.17) is 5.11 Å². The molecule has 2 amide bonds. The fourth-order valence-corrected chi connectivity index (χ4v) is 1.75. The van der Waals surface area contributed by atoms with Gasteiger partial charge in [-0.2, -0.15) is 0 Å². The number of benzene rings is 1. The van der Waals surface area contributed by atoms with Crippen LogP contribution in [0.4, 0.5) is 9.18 Å². The van der Waals surface area contributed by atoms with Crippen molar-refractivity contribution in [3.8, 4) is 0 Å². The average molecular weight is 282 g/mol. The number of carboxylic acid groups (broad SMARTS) is 1. The summed E-state index contributed by atoms with van der Waals surface area (Å²) in [4.78, 5) is 23.9. The largest absolute Gasteiger partial charge is 0.481 e. The molecule has 0 aliphatic heterocycles. The summed E-state index contributed by atoms with van der Waals surface area (Å²) in [5.74, 6) is -1.33. The zero-order valence-electron chi connectivity index (χ0n) is 11.6. The zero-order valence-corrected chi connectivity index (χ0v) is 11.6. The second-order valence-corrected chi connectivity index (χ2v) is 4.60. The van der Waals surface area contributed by atoms with Gasteiger partial charge in [-0.15, -0.1) is 0 Å². The molecule has 1 aromatic carbocycles. The van der Waals surface area contributed by atoms with Crippen molar-refractivity contribution in [3.05, 3.63) is 35.6 Å². The lowest BCUT2D eigenvalue weighted by Gasteiger charge is -2.22. The molecule has 6 heteroatoms. The Morgan fingerprint density at radius 2 is 2.05 bits per heavy atom. The number of carbonyl (C=O) groups is 2. The lowest BCUT2D eigenvalue weighted by Crippen LogP contribution is -2.43. The highest BCUT2D eigenvalue weighted by Crippen LogP contribution is 2.09. The minimum atomic E-state index is -0.964. The molecule has 20 heavy (non-hydrogen) atoms. The second-order valence-electron chi connectivity index (χ2n) is 4.60. The summed E-state index contributed by atoms with van der Waals surface area (Å²) in [6.45, 7) is 1.92. The van der Waals surface area contributed by atoms with Crippen molar-refractivity contribution in [2.75, 3.05) is 7.05 Å². The Hall–Kier alpha value is -2.11. The SMILES string of the molecule is CCC(CC(=O)O)NC(=O)N(C)Cc1ccccc1F. The Labute approximate surface area is 117 Å². The molecule has 0 bridgehead atoms. The molecule has 0 aliphatic rings. The van der Waals surface area contributed by atoms with Gasteiger partial charge in [0, 0.05) is 25.2 Å². The summed E-state index contributed by atoms with van der Waals surface area (Å²) >= 11 is 0.